The lowest BCUT2D eigenvalue weighted by Gasteiger charge is -2.34. The Morgan fingerprint density at radius 2 is 2.22 bits per heavy atom. The fraction of sp³-hybridized carbons (Fsp3) is 0.526. The van der Waals surface area contributed by atoms with Crippen LogP contribution in [-0.4, -0.2) is 29.1 Å². The van der Waals surface area contributed by atoms with Crippen molar-refractivity contribution >= 4 is 16.8 Å². The molecule has 0 unspecified atom stereocenters. The Kier molecular flexibility index (Phi) is 3.64. The molecule has 1 aromatic carbocycles. The minimum Gasteiger partial charge on any atom is -0.354 e. The van der Waals surface area contributed by atoms with E-state index in [0.29, 0.717) is 18.6 Å². The van der Waals surface area contributed by atoms with E-state index in [1.165, 1.54) is 17.3 Å². The number of nitrogens with zero attached hydrogens (tertiary/aromatic N) is 1. The number of benzene rings is 1. The zero-order valence-corrected chi connectivity index (χ0v) is 13.7. The van der Waals surface area contributed by atoms with Crippen LogP contribution in [0, 0.1) is 5.41 Å². The average Bonchev–Trinajstić information content (AvgIpc) is 3.29. The van der Waals surface area contributed by atoms with Crippen molar-refractivity contribution in [2.24, 2.45) is 5.41 Å². The highest BCUT2D eigenvalue weighted by molar-refractivity contribution is 5.84. The number of rotatable bonds is 5. The molecule has 3 atom stereocenters. The topological polar surface area (TPSA) is 46.1 Å². The summed E-state index contributed by atoms with van der Waals surface area (Å²) in [5.41, 5.74) is 1.05. The van der Waals surface area contributed by atoms with Crippen LogP contribution in [-0.2, 0) is 11.3 Å². The maximum atomic E-state index is 12.8. The van der Waals surface area contributed by atoms with Gasteiger partial charge in [-0.1, -0.05) is 25.1 Å². The Morgan fingerprint density at radius 1 is 1.35 bits per heavy atom. The Labute approximate surface area is 137 Å². The SMILES string of the molecule is CC[C@@]1(C(=O)NCCn2ccc3ccccc32)C[C@@H]2CC[C@H]1N2. The third kappa shape index (κ3) is 2.36. The monoisotopic (exact) mass is 311 g/mol. The largest absolute Gasteiger partial charge is 0.354 e. The zero-order chi connectivity index (χ0) is 15.9. The first kappa shape index (κ1) is 14.8. The molecule has 4 nitrogen and oxygen atoms in total. The Bertz CT molecular complexity index is 722. The van der Waals surface area contributed by atoms with E-state index in [1.54, 1.807) is 0 Å². The number of hydrogen-bond acceptors (Lipinski definition) is 2. The van der Waals surface area contributed by atoms with Crippen LogP contribution in [0.2, 0.25) is 0 Å². The predicted octanol–water partition coefficient (Wildman–Crippen LogP) is 2.68. The summed E-state index contributed by atoms with van der Waals surface area (Å²) < 4.78 is 2.22. The lowest BCUT2D eigenvalue weighted by Crippen LogP contribution is -2.48. The van der Waals surface area contributed by atoms with Crippen LogP contribution in [0.3, 0.4) is 0 Å². The van der Waals surface area contributed by atoms with E-state index in [-0.39, 0.29) is 11.3 Å². The molecule has 2 aliphatic heterocycles. The van der Waals surface area contributed by atoms with Crippen LogP contribution in [0.5, 0.6) is 0 Å². The van der Waals surface area contributed by atoms with Crippen LogP contribution < -0.4 is 10.6 Å². The molecular weight excluding hydrogens is 286 g/mol. The second kappa shape index (κ2) is 5.68. The highest BCUT2D eigenvalue weighted by Gasteiger charge is 2.54. The molecule has 2 fully saturated rings. The molecule has 4 rings (SSSR count). The molecule has 3 heterocycles. The number of fused-ring (bicyclic) bond motifs is 3. The minimum absolute atomic E-state index is 0.179. The number of amides is 1. The van der Waals surface area contributed by atoms with E-state index in [1.807, 2.05) is 0 Å². The van der Waals surface area contributed by atoms with Gasteiger partial charge in [0.05, 0.1) is 5.41 Å². The molecule has 122 valence electrons. The molecule has 2 aromatic rings. The summed E-state index contributed by atoms with van der Waals surface area (Å²) in [7, 11) is 0. The highest BCUT2D eigenvalue weighted by atomic mass is 16.2. The van der Waals surface area contributed by atoms with E-state index in [9.17, 15) is 4.79 Å². The zero-order valence-electron chi connectivity index (χ0n) is 13.7. The predicted molar refractivity (Wildman–Crippen MR) is 92.2 cm³/mol. The normalized spacial score (nSPS) is 29.3. The number of para-hydroxylation sites is 1. The van der Waals surface area contributed by atoms with Gasteiger partial charge in [-0.25, -0.2) is 0 Å². The quantitative estimate of drug-likeness (QED) is 0.892. The molecule has 0 radical (unpaired) electrons. The van der Waals surface area contributed by atoms with Crippen molar-refractivity contribution in [2.45, 2.75) is 51.2 Å². The Balaban J connectivity index is 1.40. The molecule has 1 aromatic heterocycles. The van der Waals surface area contributed by atoms with Crippen molar-refractivity contribution in [3.8, 4) is 0 Å². The van der Waals surface area contributed by atoms with Gasteiger partial charge >= 0.3 is 0 Å². The summed E-state index contributed by atoms with van der Waals surface area (Å²) in [6, 6.07) is 11.4. The average molecular weight is 311 g/mol. The van der Waals surface area contributed by atoms with Crippen molar-refractivity contribution in [1.82, 2.24) is 15.2 Å². The summed E-state index contributed by atoms with van der Waals surface area (Å²) in [5.74, 6) is 0.246. The highest BCUT2D eigenvalue weighted by Crippen LogP contribution is 2.45. The van der Waals surface area contributed by atoms with Gasteiger partial charge in [0, 0.05) is 36.9 Å². The first-order valence-corrected chi connectivity index (χ1v) is 8.81. The molecule has 1 amide bonds. The molecule has 2 N–H and O–H groups in total. The lowest BCUT2D eigenvalue weighted by atomic mass is 9.71. The Hall–Kier alpha value is -1.81. The maximum absolute atomic E-state index is 12.8. The van der Waals surface area contributed by atoms with Crippen LogP contribution in [0.1, 0.15) is 32.6 Å². The number of nitrogens with one attached hydrogen (secondary N) is 2. The first-order chi connectivity index (χ1) is 11.2. The van der Waals surface area contributed by atoms with Crippen LogP contribution in [0.15, 0.2) is 36.5 Å². The third-order valence-corrected chi connectivity index (χ3v) is 5.92. The Morgan fingerprint density at radius 3 is 2.96 bits per heavy atom. The van der Waals surface area contributed by atoms with Gasteiger partial charge < -0.3 is 15.2 Å². The second-order valence-electron chi connectivity index (χ2n) is 7.03. The van der Waals surface area contributed by atoms with Gasteiger partial charge in [0.25, 0.3) is 0 Å². The van der Waals surface area contributed by atoms with Crippen molar-refractivity contribution in [2.75, 3.05) is 6.54 Å². The first-order valence-electron chi connectivity index (χ1n) is 8.81. The summed E-state index contributed by atoms with van der Waals surface area (Å²) in [5, 5.41) is 8.07. The van der Waals surface area contributed by atoms with Crippen LogP contribution in [0.25, 0.3) is 10.9 Å². The number of hydrogen-bond donors (Lipinski definition) is 2. The van der Waals surface area contributed by atoms with Crippen molar-refractivity contribution in [3.63, 3.8) is 0 Å². The molecule has 0 spiro atoms. The summed E-state index contributed by atoms with van der Waals surface area (Å²) >= 11 is 0. The van der Waals surface area contributed by atoms with Crippen LogP contribution >= 0.6 is 0 Å². The molecule has 2 aliphatic rings. The van der Waals surface area contributed by atoms with Crippen molar-refractivity contribution in [3.05, 3.63) is 36.5 Å². The molecule has 2 bridgehead atoms. The van der Waals surface area contributed by atoms with Crippen LogP contribution in [0.4, 0.5) is 0 Å². The van der Waals surface area contributed by atoms with Gasteiger partial charge in [-0.3, -0.25) is 4.79 Å². The standard InChI is InChI=1S/C19H25N3O/c1-2-19(13-15-7-8-17(19)21-15)18(23)20-10-12-22-11-9-14-5-3-4-6-16(14)22/h3-6,9,11,15,17,21H,2,7-8,10,12-13H2,1H3,(H,20,23)/t15-,17+,19+/m0/s1. The summed E-state index contributed by atoms with van der Waals surface area (Å²) in [4.78, 5) is 12.8. The number of carbonyl (C=O) groups excluding carboxylic acids is 1. The van der Waals surface area contributed by atoms with E-state index < -0.39 is 0 Å². The summed E-state index contributed by atoms with van der Waals surface area (Å²) in [6.45, 7) is 3.67. The van der Waals surface area contributed by atoms with Gasteiger partial charge in [0.2, 0.25) is 5.91 Å². The van der Waals surface area contributed by atoms with E-state index >= 15 is 0 Å². The van der Waals surface area contributed by atoms with E-state index in [0.717, 1.165) is 25.8 Å². The van der Waals surface area contributed by atoms with E-state index in [2.05, 4.69) is 58.7 Å². The maximum Gasteiger partial charge on any atom is 0.227 e. The number of aromatic nitrogens is 1. The lowest BCUT2D eigenvalue weighted by molar-refractivity contribution is -0.132. The van der Waals surface area contributed by atoms with Gasteiger partial charge in [0.1, 0.15) is 0 Å². The third-order valence-electron chi connectivity index (χ3n) is 5.92. The fourth-order valence-corrected chi connectivity index (χ4v) is 4.60. The van der Waals surface area contributed by atoms with Gasteiger partial charge in [0.15, 0.2) is 0 Å². The van der Waals surface area contributed by atoms with Crippen molar-refractivity contribution < 1.29 is 4.79 Å². The minimum atomic E-state index is -0.179. The number of carbonyl (C=O) groups is 1. The second-order valence-corrected chi connectivity index (χ2v) is 7.03. The van der Waals surface area contributed by atoms with Crippen molar-refractivity contribution in [1.29, 1.82) is 0 Å². The molecule has 23 heavy (non-hydrogen) atoms. The molecule has 4 heteroatoms. The molecule has 0 saturated carbocycles. The molecule has 0 aliphatic carbocycles. The van der Waals surface area contributed by atoms with Gasteiger partial charge in [-0.2, -0.15) is 0 Å². The summed E-state index contributed by atoms with van der Waals surface area (Å²) in [6.07, 6.45) is 6.42. The fourth-order valence-electron chi connectivity index (χ4n) is 4.60. The molecular formula is C19H25N3O. The smallest absolute Gasteiger partial charge is 0.227 e. The van der Waals surface area contributed by atoms with Gasteiger partial charge in [-0.15, -0.1) is 0 Å². The van der Waals surface area contributed by atoms with Gasteiger partial charge in [-0.05, 0) is 43.2 Å². The molecule has 2 saturated heterocycles. The van der Waals surface area contributed by atoms with E-state index in [4.69, 9.17) is 0 Å².